The minimum Gasteiger partial charge on any atom is -0.457 e. The van der Waals surface area contributed by atoms with E-state index in [-0.39, 0.29) is 5.78 Å². The molecule has 0 amide bonds. The van der Waals surface area contributed by atoms with E-state index < -0.39 is 0 Å². The Kier molecular flexibility index (Phi) is 3.83. The molecule has 0 aliphatic carbocycles. The normalized spacial score (nSPS) is 15.1. The number of aryl methyl sites for hydroxylation is 1. The minimum atomic E-state index is 0.0517. The Hall–Kier alpha value is -2.23. The van der Waals surface area contributed by atoms with Gasteiger partial charge in [-0.25, -0.2) is 0 Å². The zero-order chi connectivity index (χ0) is 16.7. The summed E-state index contributed by atoms with van der Waals surface area (Å²) < 4.78 is 5.89. The average Bonchev–Trinajstić information content (AvgIpc) is 3.16. The predicted molar refractivity (Wildman–Crippen MR) is 98.5 cm³/mol. The number of ketones is 1. The van der Waals surface area contributed by atoms with Crippen molar-refractivity contribution in [2.24, 2.45) is 0 Å². The van der Waals surface area contributed by atoms with Crippen molar-refractivity contribution in [3.63, 3.8) is 0 Å². The van der Waals surface area contributed by atoms with Gasteiger partial charge in [-0.1, -0.05) is 35.5 Å². The molecule has 1 aliphatic heterocycles. The predicted octanol–water partition coefficient (Wildman–Crippen LogP) is 6.24. The lowest BCUT2D eigenvalue weighted by Crippen LogP contribution is -1.93. The third-order valence-corrected chi connectivity index (χ3v) is 5.44. The van der Waals surface area contributed by atoms with Crippen LogP contribution < -0.4 is 0 Å². The Morgan fingerprint density at radius 3 is 2.71 bits per heavy atom. The molecule has 2 heterocycles. The van der Waals surface area contributed by atoms with Gasteiger partial charge in [-0.3, -0.25) is 4.79 Å². The molecule has 2 nitrogen and oxygen atoms in total. The number of halogens is 1. The number of benzene rings is 2. The van der Waals surface area contributed by atoms with E-state index in [9.17, 15) is 4.79 Å². The maximum Gasteiger partial charge on any atom is 0.200 e. The van der Waals surface area contributed by atoms with Gasteiger partial charge in [0.1, 0.15) is 11.5 Å². The zero-order valence-electron chi connectivity index (χ0n) is 12.9. The molecule has 24 heavy (non-hydrogen) atoms. The van der Waals surface area contributed by atoms with Crippen LogP contribution in [-0.4, -0.2) is 5.78 Å². The first-order valence-electron chi connectivity index (χ1n) is 7.51. The molecule has 0 atom stereocenters. The van der Waals surface area contributed by atoms with E-state index in [4.69, 9.17) is 16.0 Å². The summed E-state index contributed by atoms with van der Waals surface area (Å²) in [6.45, 7) is 1.96. The van der Waals surface area contributed by atoms with Crippen molar-refractivity contribution in [1.29, 1.82) is 0 Å². The van der Waals surface area contributed by atoms with Crippen LogP contribution in [0, 0.1) is 6.92 Å². The molecule has 0 bridgehead atoms. The third-order valence-electron chi connectivity index (χ3n) is 3.92. The van der Waals surface area contributed by atoms with Crippen molar-refractivity contribution in [2.45, 2.75) is 11.8 Å². The maximum atomic E-state index is 12.4. The molecule has 0 spiro atoms. The Morgan fingerprint density at radius 1 is 1.08 bits per heavy atom. The number of furan rings is 1. The van der Waals surface area contributed by atoms with E-state index in [1.807, 2.05) is 61.5 Å². The highest BCUT2D eigenvalue weighted by Crippen LogP contribution is 2.41. The van der Waals surface area contributed by atoms with Gasteiger partial charge in [0, 0.05) is 21.0 Å². The summed E-state index contributed by atoms with van der Waals surface area (Å²) in [5.74, 6) is 1.48. The van der Waals surface area contributed by atoms with Crippen LogP contribution in [0.15, 0.2) is 68.8 Å². The standard InChI is InChI=1S/C20H13ClO2S/c1-12-10-13(6-8-16(12)21)17-9-7-14(23-17)11-19-20(22)15-4-2-3-5-18(15)24-19/h2-11H,1H3/b19-11-. The first-order chi connectivity index (χ1) is 11.6. The van der Waals surface area contributed by atoms with Crippen molar-refractivity contribution in [3.8, 4) is 11.3 Å². The van der Waals surface area contributed by atoms with Crippen LogP contribution >= 0.6 is 23.4 Å². The molecular weight excluding hydrogens is 340 g/mol. The van der Waals surface area contributed by atoms with E-state index in [1.165, 1.54) is 11.8 Å². The number of thioether (sulfide) groups is 1. The van der Waals surface area contributed by atoms with E-state index >= 15 is 0 Å². The number of hydrogen-bond donors (Lipinski definition) is 0. The van der Waals surface area contributed by atoms with Crippen LogP contribution in [0.1, 0.15) is 21.7 Å². The fourth-order valence-corrected chi connectivity index (χ4v) is 3.80. The minimum absolute atomic E-state index is 0.0517. The SMILES string of the molecule is Cc1cc(-c2ccc(/C=C3\Sc4ccccc4C3=O)o2)ccc1Cl. The number of carbonyl (C=O) groups is 1. The Bertz CT molecular complexity index is 985. The number of Topliss-reactive ketones (excluding diaryl/α,β-unsaturated/α-hetero) is 1. The number of fused-ring (bicyclic) bond motifs is 1. The third kappa shape index (κ3) is 2.70. The van der Waals surface area contributed by atoms with Gasteiger partial charge >= 0.3 is 0 Å². The molecule has 1 aromatic heterocycles. The second-order valence-electron chi connectivity index (χ2n) is 5.60. The summed E-state index contributed by atoms with van der Waals surface area (Å²) in [7, 11) is 0. The lowest BCUT2D eigenvalue weighted by Gasteiger charge is -2.01. The van der Waals surface area contributed by atoms with E-state index in [0.29, 0.717) is 10.7 Å². The summed E-state index contributed by atoms with van der Waals surface area (Å²) in [6.07, 6.45) is 1.80. The second-order valence-corrected chi connectivity index (χ2v) is 7.09. The number of hydrogen-bond acceptors (Lipinski definition) is 3. The fraction of sp³-hybridized carbons (Fsp3) is 0.0500. The lowest BCUT2D eigenvalue weighted by atomic mass is 10.1. The van der Waals surface area contributed by atoms with Gasteiger partial charge in [0.05, 0.1) is 4.91 Å². The maximum absolute atomic E-state index is 12.4. The summed E-state index contributed by atoms with van der Waals surface area (Å²) in [5.41, 5.74) is 2.73. The van der Waals surface area contributed by atoms with Crippen molar-refractivity contribution in [3.05, 3.63) is 81.4 Å². The molecule has 0 fully saturated rings. The topological polar surface area (TPSA) is 30.2 Å². The largest absolute Gasteiger partial charge is 0.457 e. The molecule has 1 aliphatic rings. The average molecular weight is 353 g/mol. The van der Waals surface area contributed by atoms with Crippen molar-refractivity contribution >= 4 is 35.2 Å². The Morgan fingerprint density at radius 2 is 1.92 bits per heavy atom. The molecule has 2 aromatic carbocycles. The highest BCUT2D eigenvalue weighted by Gasteiger charge is 2.25. The van der Waals surface area contributed by atoms with Crippen LogP contribution in [0.4, 0.5) is 0 Å². The number of allylic oxidation sites excluding steroid dienone is 1. The Balaban J connectivity index is 1.64. The number of rotatable bonds is 2. The first-order valence-corrected chi connectivity index (χ1v) is 8.71. The monoisotopic (exact) mass is 352 g/mol. The van der Waals surface area contributed by atoms with Crippen LogP contribution in [0.25, 0.3) is 17.4 Å². The van der Waals surface area contributed by atoms with Gasteiger partial charge in [-0.05, 0) is 61.0 Å². The summed E-state index contributed by atoms with van der Waals surface area (Å²) >= 11 is 7.55. The molecule has 0 saturated heterocycles. The zero-order valence-corrected chi connectivity index (χ0v) is 14.4. The second kappa shape index (κ2) is 6.00. The quantitative estimate of drug-likeness (QED) is 0.511. The van der Waals surface area contributed by atoms with Crippen molar-refractivity contribution in [2.75, 3.05) is 0 Å². The van der Waals surface area contributed by atoms with Gasteiger partial charge in [-0.2, -0.15) is 0 Å². The van der Waals surface area contributed by atoms with Gasteiger partial charge in [0.15, 0.2) is 0 Å². The molecule has 0 unspecified atom stereocenters. The fourth-order valence-electron chi connectivity index (χ4n) is 2.65. The van der Waals surface area contributed by atoms with Gasteiger partial charge < -0.3 is 4.42 Å². The lowest BCUT2D eigenvalue weighted by molar-refractivity contribution is 0.104. The molecule has 118 valence electrons. The molecule has 3 aromatic rings. The van der Waals surface area contributed by atoms with Gasteiger partial charge in [0.2, 0.25) is 5.78 Å². The van der Waals surface area contributed by atoms with Crippen molar-refractivity contribution < 1.29 is 9.21 Å². The molecular formula is C20H13ClO2S. The Labute approximate surface area is 149 Å². The van der Waals surface area contributed by atoms with Crippen LogP contribution in [0.2, 0.25) is 5.02 Å². The highest BCUT2D eigenvalue weighted by atomic mass is 35.5. The molecule has 0 saturated carbocycles. The van der Waals surface area contributed by atoms with Crippen LogP contribution in [0.5, 0.6) is 0 Å². The van der Waals surface area contributed by atoms with Crippen LogP contribution in [0.3, 0.4) is 0 Å². The molecule has 0 N–H and O–H groups in total. The van der Waals surface area contributed by atoms with E-state index in [0.717, 1.165) is 32.4 Å². The summed E-state index contributed by atoms with van der Waals surface area (Å²) in [6, 6.07) is 17.2. The van der Waals surface area contributed by atoms with Crippen molar-refractivity contribution in [1.82, 2.24) is 0 Å². The van der Waals surface area contributed by atoms with Crippen LogP contribution in [-0.2, 0) is 0 Å². The molecule has 4 heteroatoms. The van der Waals surface area contributed by atoms with Gasteiger partial charge in [-0.15, -0.1) is 0 Å². The first kappa shape index (κ1) is 15.3. The van der Waals surface area contributed by atoms with E-state index in [1.54, 1.807) is 6.08 Å². The smallest absolute Gasteiger partial charge is 0.200 e. The molecule has 0 radical (unpaired) electrons. The summed E-state index contributed by atoms with van der Waals surface area (Å²) in [5, 5.41) is 0.735. The van der Waals surface area contributed by atoms with Gasteiger partial charge in [0.25, 0.3) is 0 Å². The highest BCUT2D eigenvalue weighted by molar-refractivity contribution is 8.04. The summed E-state index contributed by atoms with van der Waals surface area (Å²) in [4.78, 5) is 14.1. The number of carbonyl (C=O) groups excluding carboxylic acids is 1. The molecule has 4 rings (SSSR count). The van der Waals surface area contributed by atoms with E-state index in [2.05, 4.69) is 0 Å².